The molecule has 34 heavy (non-hydrogen) atoms. The van der Waals surface area contributed by atoms with Gasteiger partial charge in [-0.25, -0.2) is 14.3 Å². The van der Waals surface area contributed by atoms with Crippen molar-refractivity contribution in [2.45, 2.75) is 44.8 Å². The van der Waals surface area contributed by atoms with Crippen molar-refractivity contribution >= 4 is 23.3 Å². The maximum atomic E-state index is 14.8. The fourth-order valence-electron chi connectivity index (χ4n) is 4.27. The Morgan fingerprint density at radius 3 is 2.85 bits per heavy atom. The van der Waals surface area contributed by atoms with Crippen molar-refractivity contribution in [2.75, 3.05) is 12.4 Å². The lowest BCUT2D eigenvalue weighted by molar-refractivity contribution is 0.181. The molecular weight excluding hydrogens is 461 g/mol. The van der Waals surface area contributed by atoms with Gasteiger partial charge in [0, 0.05) is 42.5 Å². The Morgan fingerprint density at radius 2 is 2.15 bits per heavy atom. The minimum atomic E-state index is -0.619. The van der Waals surface area contributed by atoms with Crippen molar-refractivity contribution in [2.24, 2.45) is 0 Å². The number of aromatic amines is 1. The number of urea groups is 1. The van der Waals surface area contributed by atoms with Crippen molar-refractivity contribution in [3.63, 3.8) is 0 Å². The molecule has 2 heterocycles. The number of hydrogen-bond donors (Lipinski definition) is 3. The number of nitrogens with zero attached hydrogens (tertiary/aromatic N) is 2. The molecule has 0 radical (unpaired) electrons. The molecule has 2 amide bonds. The number of carbonyl (C=O) groups excluding carboxylic acids is 1. The number of methoxy groups -OCH3 is 1. The Labute approximate surface area is 200 Å². The van der Waals surface area contributed by atoms with Crippen molar-refractivity contribution in [3.05, 3.63) is 74.7 Å². The molecular formula is C24H25ClFN5O3. The molecule has 0 spiro atoms. The van der Waals surface area contributed by atoms with Gasteiger partial charge in [0.25, 0.3) is 5.56 Å². The molecule has 1 aromatic carbocycles. The van der Waals surface area contributed by atoms with E-state index in [1.54, 1.807) is 25.4 Å². The van der Waals surface area contributed by atoms with Gasteiger partial charge in [0.2, 0.25) is 0 Å². The first kappa shape index (κ1) is 23.8. The lowest BCUT2D eigenvalue weighted by Gasteiger charge is -2.30. The zero-order valence-electron chi connectivity index (χ0n) is 18.8. The summed E-state index contributed by atoms with van der Waals surface area (Å²) in [6.07, 6.45) is 3.56. The molecule has 0 fully saturated rings. The number of H-pyrrole nitrogens is 1. The molecule has 4 rings (SSSR count). The number of pyridine rings is 1. The lowest BCUT2D eigenvalue weighted by Crippen LogP contribution is -2.43. The second-order valence-corrected chi connectivity index (χ2v) is 8.67. The van der Waals surface area contributed by atoms with E-state index in [1.807, 2.05) is 6.92 Å². The van der Waals surface area contributed by atoms with Gasteiger partial charge in [0.15, 0.2) is 0 Å². The fraction of sp³-hybridized carbons (Fsp3) is 0.333. The van der Waals surface area contributed by atoms with Crippen LogP contribution in [0.2, 0.25) is 5.02 Å². The van der Waals surface area contributed by atoms with Gasteiger partial charge in [-0.15, -0.1) is 0 Å². The molecule has 8 nitrogen and oxygen atoms in total. The summed E-state index contributed by atoms with van der Waals surface area (Å²) >= 11 is 6.39. The highest BCUT2D eigenvalue weighted by molar-refractivity contribution is 6.33. The first-order valence-corrected chi connectivity index (χ1v) is 11.3. The van der Waals surface area contributed by atoms with E-state index in [2.05, 4.69) is 25.8 Å². The highest BCUT2D eigenvalue weighted by Gasteiger charge is 2.29. The van der Waals surface area contributed by atoms with Gasteiger partial charge >= 0.3 is 6.03 Å². The van der Waals surface area contributed by atoms with Gasteiger partial charge < -0.3 is 15.4 Å². The van der Waals surface area contributed by atoms with Crippen LogP contribution >= 0.6 is 11.6 Å². The third-order valence-electron chi connectivity index (χ3n) is 5.90. The van der Waals surface area contributed by atoms with Crippen LogP contribution in [0, 0.1) is 5.82 Å². The summed E-state index contributed by atoms with van der Waals surface area (Å²) in [4.78, 5) is 28.6. The number of halogens is 2. The Hall–Kier alpha value is -3.30. The summed E-state index contributed by atoms with van der Waals surface area (Å²) in [5.74, 6) is -0.507. The summed E-state index contributed by atoms with van der Waals surface area (Å²) in [7, 11) is 1.58. The van der Waals surface area contributed by atoms with Gasteiger partial charge in [0.05, 0.1) is 28.7 Å². The van der Waals surface area contributed by atoms with Gasteiger partial charge in [0.1, 0.15) is 5.82 Å². The van der Waals surface area contributed by atoms with Crippen molar-refractivity contribution < 1.29 is 13.9 Å². The molecule has 0 saturated heterocycles. The average molecular weight is 486 g/mol. The SMILES string of the molecule is CCC1CC(NC(=O)Nc2cc(Cl)c(-c3ccc(COC)nc3)cc2F)Cc2cc(=O)[nH]nc21. The van der Waals surface area contributed by atoms with E-state index < -0.39 is 11.8 Å². The minimum absolute atomic E-state index is 0.0309. The quantitative estimate of drug-likeness (QED) is 0.479. The first-order valence-electron chi connectivity index (χ1n) is 11.0. The molecule has 1 aliphatic carbocycles. The second kappa shape index (κ2) is 10.3. The number of hydrogen-bond acceptors (Lipinski definition) is 5. The number of fused-ring (bicyclic) bond motifs is 1. The van der Waals surface area contributed by atoms with Gasteiger partial charge in [-0.05, 0) is 43.0 Å². The Kier molecular flexibility index (Phi) is 7.23. The van der Waals surface area contributed by atoms with Crippen LogP contribution < -0.4 is 16.2 Å². The third-order valence-corrected chi connectivity index (χ3v) is 6.22. The fourth-order valence-corrected chi connectivity index (χ4v) is 4.54. The molecule has 3 N–H and O–H groups in total. The van der Waals surface area contributed by atoms with Crippen LogP contribution in [0.1, 0.15) is 42.6 Å². The zero-order chi connectivity index (χ0) is 24.2. The molecule has 1 aliphatic rings. The Balaban J connectivity index is 1.46. The number of benzene rings is 1. The van der Waals surface area contributed by atoms with Crippen molar-refractivity contribution in [1.29, 1.82) is 0 Å². The Bertz CT molecular complexity index is 1250. The summed E-state index contributed by atoms with van der Waals surface area (Å²) in [5.41, 5.74) is 3.22. The second-order valence-electron chi connectivity index (χ2n) is 8.27. The number of aromatic nitrogens is 3. The molecule has 2 unspecified atom stereocenters. The van der Waals surface area contributed by atoms with E-state index in [0.29, 0.717) is 30.6 Å². The van der Waals surface area contributed by atoms with E-state index in [1.165, 1.54) is 18.2 Å². The van der Waals surface area contributed by atoms with Crippen LogP contribution in [-0.4, -0.2) is 34.4 Å². The number of anilines is 1. The van der Waals surface area contributed by atoms with Gasteiger partial charge in [-0.2, -0.15) is 5.10 Å². The standard InChI is InChI=1S/C24H25ClFN5O3/c1-3-13-6-17(7-15-8-22(32)30-31-23(13)15)28-24(33)29-21-10-19(25)18(9-20(21)26)14-4-5-16(12-34-2)27-11-14/h4-5,8-11,13,17H,3,6-7,12H2,1-2H3,(H,30,32)(H2,28,29,33). The van der Waals surface area contributed by atoms with Crippen LogP contribution in [0.5, 0.6) is 0 Å². The molecule has 0 aliphatic heterocycles. The molecule has 10 heteroatoms. The number of amides is 2. The number of carbonyl (C=O) groups is 1. The van der Waals surface area contributed by atoms with Gasteiger partial charge in [-0.1, -0.05) is 24.6 Å². The molecule has 2 aromatic heterocycles. The lowest BCUT2D eigenvalue weighted by atomic mass is 9.82. The van der Waals surface area contributed by atoms with E-state index >= 15 is 0 Å². The molecule has 3 aromatic rings. The highest BCUT2D eigenvalue weighted by Crippen LogP contribution is 2.33. The number of nitrogens with one attached hydrogen (secondary N) is 3. The van der Waals surface area contributed by atoms with Crippen LogP contribution in [0.25, 0.3) is 11.1 Å². The number of rotatable bonds is 6. The first-order chi connectivity index (χ1) is 16.4. The van der Waals surface area contributed by atoms with Crippen LogP contribution in [0.15, 0.2) is 41.3 Å². The van der Waals surface area contributed by atoms with Crippen LogP contribution in [-0.2, 0) is 17.8 Å². The van der Waals surface area contributed by atoms with Crippen molar-refractivity contribution in [1.82, 2.24) is 20.5 Å². The smallest absolute Gasteiger partial charge is 0.319 e. The molecule has 2 atom stereocenters. The largest absolute Gasteiger partial charge is 0.378 e. The van der Waals surface area contributed by atoms with Crippen molar-refractivity contribution in [3.8, 4) is 11.1 Å². The minimum Gasteiger partial charge on any atom is -0.378 e. The Morgan fingerprint density at radius 1 is 1.32 bits per heavy atom. The normalized spacial score (nSPS) is 17.2. The predicted octanol–water partition coefficient (Wildman–Crippen LogP) is 4.40. The molecule has 0 bridgehead atoms. The topological polar surface area (TPSA) is 109 Å². The van der Waals surface area contributed by atoms with Crippen LogP contribution in [0.4, 0.5) is 14.9 Å². The summed E-state index contributed by atoms with van der Waals surface area (Å²) in [6.45, 7) is 2.40. The number of ether oxygens (including phenoxy) is 1. The monoisotopic (exact) mass is 485 g/mol. The zero-order valence-corrected chi connectivity index (χ0v) is 19.6. The summed E-state index contributed by atoms with van der Waals surface area (Å²) < 4.78 is 19.9. The van der Waals surface area contributed by atoms with E-state index in [4.69, 9.17) is 16.3 Å². The molecule has 0 saturated carbocycles. The van der Waals surface area contributed by atoms with E-state index in [-0.39, 0.29) is 28.2 Å². The summed E-state index contributed by atoms with van der Waals surface area (Å²) in [5, 5.41) is 12.4. The molecule has 178 valence electrons. The third kappa shape index (κ3) is 5.26. The van der Waals surface area contributed by atoms with Gasteiger partial charge in [-0.3, -0.25) is 9.78 Å². The predicted molar refractivity (Wildman–Crippen MR) is 128 cm³/mol. The average Bonchev–Trinajstić information content (AvgIpc) is 2.81. The van der Waals surface area contributed by atoms with Crippen LogP contribution in [0.3, 0.4) is 0 Å². The summed E-state index contributed by atoms with van der Waals surface area (Å²) in [6, 6.07) is 6.97. The highest BCUT2D eigenvalue weighted by atomic mass is 35.5. The maximum absolute atomic E-state index is 14.8. The maximum Gasteiger partial charge on any atom is 0.319 e. The van der Waals surface area contributed by atoms with E-state index in [0.717, 1.165) is 23.4 Å². The van der Waals surface area contributed by atoms with E-state index in [9.17, 15) is 14.0 Å².